The first-order valence-electron chi connectivity index (χ1n) is 7.79. The number of rotatable bonds is 2. The minimum atomic E-state index is -4.64. The van der Waals surface area contributed by atoms with Crippen LogP contribution in [0.2, 0.25) is 0 Å². The molecule has 3 atom stereocenters. The van der Waals surface area contributed by atoms with Crippen LogP contribution in [-0.2, 0) is 0 Å². The number of aliphatic hydroxyl groups excluding tert-OH is 1. The van der Waals surface area contributed by atoms with Gasteiger partial charge in [0.05, 0.1) is 17.7 Å². The molecule has 0 spiro atoms. The van der Waals surface area contributed by atoms with E-state index in [4.69, 9.17) is 5.26 Å². The Kier molecular flexibility index (Phi) is 4.14. The van der Waals surface area contributed by atoms with Crippen LogP contribution >= 0.6 is 0 Å². The van der Waals surface area contributed by atoms with Crippen LogP contribution in [-0.4, -0.2) is 29.5 Å². The van der Waals surface area contributed by atoms with E-state index < -0.39 is 18.3 Å². The molecule has 24 heavy (non-hydrogen) atoms. The largest absolute Gasteiger partial charge is 0.416 e. The molecule has 2 aromatic carbocycles. The van der Waals surface area contributed by atoms with E-state index in [0.717, 1.165) is 10.8 Å². The van der Waals surface area contributed by atoms with E-state index in [2.05, 4.69) is 6.07 Å². The molecule has 1 heterocycles. The predicted molar refractivity (Wildman–Crippen MR) is 85.7 cm³/mol. The summed E-state index contributed by atoms with van der Waals surface area (Å²) >= 11 is 0. The Hall–Kier alpha value is -2.26. The van der Waals surface area contributed by atoms with Crippen LogP contribution in [0.4, 0.5) is 18.9 Å². The highest BCUT2D eigenvalue weighted by Crippen LogP contribution is 2.38. The Morgan fingerprint density at radius 2 is 2.00 bits per heavy atom. The van der Waals surface area contributed by atoms with Crippen molar-refractivity contribution in [2.45, 2.75) is 44.1 Å². The number of nitriles is 1. The first kappa shape index (κ1) is 16.6. The monoisotopic (exact) mass is 334 g/mol. The Balaban J connectivity index is 2.03. The molecule has 126 valence electrons. The summed E-state index contributed by atoms with van der Waals surface area (Å²) in [7, 11) is 0. The fraction of sp³-hybridized carbons (Fsp3) is 0.389. The van der Waals surface area contributed by atoms with E-state index in [1.165, 1.54) is 0 Å². The molecule has 6 heteroatoms. The van der Waals surface area contributed by atoms with Crippen molar-refractivity contribution in [3.05, 3.63) is 42.0 Å². The second-order valence-electron chi connectivity index (χ2n) is 6.21. The summed E-state index contributed by atoms with van der Waals surface area (Å²) in [5, 5.41) is 20.4. The SMILES string of the molecule is C[C@@H]1CC[C@H]([C@@H](O)C(F)(F)F)N1c1ccc2c(C#N)cccc2c1. The fourth-order valence-corrected chi connectivity index (χ4v) is 3.52. The Labute approximate surface area is 137 Å². The van der Waals surface area contributed by atoms with E-state index in [9.17, 15) is 18.3 Å². The van der Waals surface area contributed by atoms with Gasteiger partial charge >= 0.3 is 6.18 Å². The number of alkyl halides is 3. The van der Waals surface area contributed by atoms with Gasteiger partial charge in [-0.15, -0.1) is 0 Å². The summed E-state index contributed by atoms with van der Waals surface area (Å²) in [6.45, 7) is 1.86. The van der Waals surface area contributed by atoms with Crippen LogP contribution in [0.15, 0.2) is 36.4 Å². The van der Waals surface area contributed by atoms with Crippen molar-refractivity contribution in [1.29, 1.82) is 5.26 Å². The van der Waals surface area contributed by atoms with Gasteiger partial charge in [-0.3, -0.25) is 0 Å². The average molecular weight is 334 g/mol. The van der Waals surface area contributed by atoms with E-state index in [1.807, 2.05) is 13.0 Å². The molecule has 0 saturated carbocycles. The second-order valence-corrected chi connectivity index (χ2v) is 6.21. The van der Waals surface area contributed by atoms with Gasteiger partial charge in [0.1, 0.15) is 0 Å². The third kappa shape index (κ3) is 2.80. The molecule has 1 aliphatic heterocycles. The number of hydrogen-bond donors (Lipinski definition) is 1. The van der Waals surface area contributed by atoms with Crippen molar-refractivity contribution in [2.24, 2.45) is 0 Å². The minimum absolute atomic E-state index is 0.0939. The summed E-state index contributed by atoms with van der Waals surface area (Å²) in [6.07, 6.45) is -6.13. The zero-order valence-electron chi connectivity index (χ0n) is 13.1. The van der Waals surface area contributed by atoms with Crippen LogP contribution in [0, 0.1) is 11.3 Å². The molecule has 0 bridgehead atoms. The quantitative estimate of drug-likeness (QED) is 0.903. The predicted octanol–water partition coefficient (Wildman–Crippen LogP) is 3.99. The van der Waals surface area contributed by atoms with Gasteiger partial charge < -0.3 is 10.0 Å². The van der Waals surface area contributed by atoms with Gasteiger partial charge in [-0.1, -0.05) is 18.2 Å². The molecule has 1 N–H and O–H groups in total. The number of fused-ring (bicyclic) bond motifs is 1. The van der Waals surface area contributed by atoms with Crippen LogP contribution in [0.3, 0.4) is 0 Å². The average Bonchev–Trinajstić information content (AvgIpc) is 2.93. The van der Waals surface area contributed by atoms with Crippen molar-refractivity contribution in [2.75, 3.05) is 4.90 Å². The third-order valence-corrected chi connectivity index (χ3v) is 4.69. The van der Waals surface area contributed by atoms with Gasteiger partial charge in [-0.25, -0.2) is 0 Å². The third-order valence-electron chi connectivity index (χ3n) is 4.69. The molecular weight excluding hydrogens is 317 g/mol. The number of halogens is 3. The lowest BCUT2D eigenvalue weighted by atomic mass is 10.0. The van der Waals surface area contributed by atoms with Crippen molar-refractivity contribution in [3.8, 4) is 6.07 Å². The molecule has 1 fully saturated rings. The van der Waals surface area contributed by atoms with Gasteiger partial charge in [0, 0.05) is 11.7 Å². The molecule has 0 aliphatic carbocycles. The topological polar surface area (TPSA) is 47.3 Å². The van der Waals surface area contributed by atoms with Gasteiger partial charge in [-0.05, 0) is 48.7 Å². The van der Waals surface area contributed by atoms with Gasteiger partial charge in [0.15, 0.2) is 6.10 Å². The lowest BCUT2D eigenvalue weighted by molar-refractivity contribution is -0.209. The number of anilines is 1. The Morgan fingerprint density at radius 1 is 1.25 bits per heavy atom. The smallest absolute Gasteiger partial charge is 0.382 e. The summed E-state index contributed by atoms with van der Waals surface area (Å²) in [5.41, 5.74) is 1.16. The van der Waals surface area contributed by atoms with Crippen molar-refractivity contribution >= 4 is 16.5 Å². The molecule has 1 aliphatic rings. The maximum atomic E-state index is 13.0. The van der Waals surface area contributed by atoms with Crippen molar-refractivity contribution < 1.29 is 18.3 Å². The van der Waals surface area contributed by atoms with Gasteiger partial charge in [0.2, 0.25) is 0 Å². The summed E-state index contributed by atoms with van der Waals surface area (Å²) in [5.74, 6) is 0. The first-order chi connectivity index (χ1) is 11.3. The maximum absolute atomic E-state index is 13.0. The van der Waals surface area contributed by atoms with Crippen molar-refractivity contribution in [1.82, 2.24) is 0 Å². The number of benzene rings is 2. The lowest BCUT2D eigenvalue weighted by Crippen LogP contribution is -2.48. The Morgan fingerprint density at radius 3 is 2.67 bits per heavy atom. The van der Waals surface area contributed by atoms with E-state index in [-0.39, 0.29) is 12.5 Å². The van der Waals surface area contributed by atoms with Crippen molar-refractivity contribution in [3.63, 3.8) is 0 Å². The molecule has 0 amide bonds. The van der Waals surface area contributed by atoms with Gasteiger partial charge in [-0.2, -0.15) is 18.4 Å². The highest BCUT2D eigenvalue weighted by Gasteiger charge is 2.48. The number of nitrogens with zero attached hydrogens (tertiary/aromatic N) is 2. The second kappa shape index (κ2) is 5.99. The van der Waals surface area contributed by atoms with Gasteiger partial charge in [0.25, 0.3) is 0 Å². The van der Waals surface area contributed by atoms with Crippen LogP contribution in [0.25, 0.3) is 10.8 Å². The molecule has 3 rings (SSSR count). The molecule has 0 radical (unpaired) electrons. The lowest BCUT2D eigenvalue weighted by Gasteiger charge is -2.34. The van der Waals surface area contributed by atoms with E-state index >= 15 is 0 Å². The van der Waals surface area contributed by atoms with Crippen LogP contribution in [0.1, 0.15) is 25.3 Å². The van der Waals surface area contributed by atoms with Crippen LogP contribution in [0.5, 0.6) is 0 Å². The molecule has 3 nitrogen and oxygen atoms in total. The normalized spacial score (nSPS) is 22.6. The molecule has 0 unspecified atom stereocenters. The highest BCUT2D eigenvalue weighted by atomic mass is 19.4. The summed E-state index contributed by atoms with van der Waals surface area (Å²) in [6, 6.07) is 11.6. The summed E-state index contributed by atoms with van der Waals surface area (Å²) < 4.78 is 38.9. The number of aliphatic hydroxyl groups is 1. The van der Waals surface area contributed by atoms with E-state index in [1.54, 1.807) is 35.2 Å². The Bertz CT molecular complexity index is 797. The van der Waals surface area contributed by atoms with Crippen LogP contribution < -0.4 is 4.90 Å². The van der Waals surface area contributed by atoms with E-state index in [0.29, 0.717) is 17.7 Å². The first-order valence-corrected chi connectivity index (χ1v) is 7.79. The molecule has 0 aromatic heterocycles. The zero-order chi connectivity index (χ0) is 17.5. The highest BCUT2D eigenvalue weighted by molar-refractivity contribution is 5.90. The zero-order valence-corrected chi connectivity index (χ0v) is 13.1. The molecule has 2 aromatic rings. The standard InChI is InChI=1S/C18H17F3N2O/c1-11-5-8-16(17(24)18(19,20)21)23(11)14-6-7-15-12(9-14)3-2-4-13(15)10-22/h2-4,6-7,9,11,16-17,24H,5,8H2,1H3/t11-,16-,17-/m1/s1. The number of hydrogen-bond acceptors (Lipinski definition) is 3. The minimum Gasteiger partial charge on any atom is -0.382 e. The molecule has 1 saturated heterocycles. The molecular formula is C18H17F3N2O. The summed E-state index contributed by atoms with van der Waals surface area (Å²) in [4.78, 5) is 1.65. The fourth-order valence-electron chi connectivity index (χ4n) is 3.52. The maximum Gasteiger partial charge on any atom is 0.416 e.